The van der Waals surface area contributed by atoms with E-state index < -0.39 is 17.5 Å². The van der Waals surface area contributed by atoms with Crippen molar-refractivity contribution in [2.75, 3.05) is 13.7 Å². The maximum Gasteiger partial charge on any atom is 0.270 e. The Labute approximate surface area is 298 Å². The van der Waals surface area contributed by atoms with E-state index >= 15 is 0 Å². The molecule has 2 aliphatic carbocycles. The molecule has 10 nitrogen and oxygen atoms in total. The third-order valence-corrected chi connectivity index (χ3v) is 9.08. The normalized spacial score (nSPS) is 23.2. The molecule has 2 aromatic rings. The molecule has 2 unspecified atom stereocenters. The Hall–Kier alpha value is -1.45. The molecule has 2 N–H and O–H groups in total. The summed E-state index contributed by atoms with van der Waals surface area (Å²) in [6.07, 6.45) is 13.5. The van der Waals surface area contributed by atoms with Crippen molar-refractivity contribution in [2.24, 2.45) is 23.2 Å². The SMILES string of the molecule is COc1ccc2nc(C3CC3CCCC3CCCC3)c(=O)[nH]c2c1.C[C@@H]1CCN(C(=O)[C@@H]([NH-])C(C)(C)C)[C@@H]1[C-]=O.[N-]=O.[V].[Y]. The van der Waals surface area contributed by atoms with Crippen LogP contribution in [0.1, 0.15) is 97.1 Å². The van der Waals surface area contributed by atoms with E-state index in [9.17, 15) is 14.4 Å². The smallest absolute Gasteiger partial charge is 0.270 e. The first-order valence-electron chi connectivity index (χ1n) is 15.2. The molecule has 5 atom stereocenters. The molecular weight excluding hydrogens is 674 g/mol. The second-order valence-corrected chi connectivity index (χ2v) is 13.2. The first-order chi connectivity index (χ1) is 20.0. The van der Waals surface area contributed by atoms with Crippen LogP contribution in [0.15, 0.2) is 23.0 Å². The number of likely N-dealkylation sites (tertiary alicyclic amines) is 1. The number of aromatic nitrogens is 2. The van der Waals surface area contributed by atoms with Crippen LogP contribution in [0.25, 0.3) is 22.4 Å². The molecule has 240 valence electrons. The summed E-state index contributed by atoms with van der Waals surface area (Å²) in [6.45, 7) is 8.11. The fourth-order valence-electron chi connectivity index (χ4n) is 6.24. The van der Waals surface area contributed by atoms with Gasteiger partial charge in [0.05, 0.1) is 18.1 Å². The number of carbonyl (C=O) groups is 1. The second kappa shape index (κ2) is 18.6. The Morgan fingerprint density at radius 2 is 1.86 bits per heavy atom. The van der Waals surface area contributed by atoms with Crippen LogP contribution >= 0.6 is 0 Å². The van der Waals surface area contributed by atoms with E-state index in [0.717, 1.165) is 41.2 Å². The Kier molecular flexibility index (Phi) is 17.2. The average Bonchev–Trinajstić information content (AvgIpc) is 3.34. The standard InChI is InChI=1S/C20H26N2O2.C12H20N2O2.NO.V.Y/c1-24-15-9-10-17-18(12-15)22-20(23)19(21-17)16-11-14(16)8-4-7-13-5-2-3-6-13;1-8-5-6-14(9(8)7-15)11(16)10(13)12(2,3)4;1-2;;/h9-10,12-14,16H,2-8,11H2,1H3,(H,22,23);8-10,13H,5-6H2,1-4H3;;;/q;-2;-1;;/t;8-,9-,10-;;;/m.1.../s1. The molecule has 0 spiro atoms. The van der Waals surface area contributed by atoms with Crippen molar-refractivity contribution in [1.29, 1.82) is 0 Å². The zero-order valence-electron chi connectivity index (χ0n) is 26.7. The number of H-pyrrole nitrogens is 1. The monoisotopic (exact) mass is 720 g/mol. The molecule has 3 fully saturated rings. The maximum atomic E-state index is 12.4. The molecule has 1 aromatic carbocycles. The predicted molar refractivity (Wildman–Crippen MR) is 165 cm³/mol. The summed E-state index contributed by atoms with van der Waals surface area (Å²) in [4.78, 5) is 51.7. The molecule has 1 saturated heterocycles. The van der Waals surface area contributed by atoms with Gasteiger partial charge in [0.15, 0.2) is 0 Å². The molecule has 12 heteroatoms. The molecule has 1 aromatic heterocycles. The molecule has 44 heavy (non-hydrogen) atoms. The number of carbonyl (C=O) groups excluding carboxylic acids is 2. The van der Waals surface area contributed by atoms with Crippen molar-refractivity contribution < 1.29 is 65.6 Å². The van der Waals surface area contributed by atoms with Crippen LogP contribution in [0.5, 0.6) is 5.75 Å². The number of nitrogens with zero attached hydrogens (tertiary/aromatic N) is 3. The van der Waals surface area contributed by atoms with Crippen LogP contribution < -0.4 is 10.3 Å². The number of nitrogens with one attached hydrogen (secondary N) is 2. The number of nitroso groups, excluding NO2 is 1. The molecular formula is C32H46N5O5VY-3. The molecule has 3 aliphatic rings. The molecule has 0 bridgehead atoms. The largest absolute Gasteiger partial charge is 0.666 e. The minimum Gasteiger partial charge on any atom is -0.666 e. The Morgan fingerprint density at radius 1 is 1.20 bits per heavy atom. The molecule has 1 amide bonds. The quantitative estimate of drug-likeness (QED) is 0.307. The van der Waals surface area contributed by atoms with E-state index in [-0.39, 0.29) is 68.6 Å². The van der Waals surface area contributed by atoms with E-state index in [1.807, 2.05) is 52.2 Å². The third kappa shape index (κ3) is 10.5. The van der Waals surface area contributed by atoms with E-state index in [1.165, 1.54) is 49.8 Å². The van der Waals surface area contributed by atoms with Gasteiger partial charge in [-0.1, -0.05) is 78.3 Å². The molecule has 5 rings (SSSR count). The summed E-state index contributed by atoms with van der Waals surface area (Å²) in [5.41, 5.74) is 15.6. The van der Waals surface area contributed by atoms with Crippen molar-refractivity contribution in [2.45, 2.75) is 103 Å². The Balaban J connectivity index is 0.000000428. The van der Waals surface area contributed by atoms with Crippen molar-refractivity contribution in [3.8, 4) is 5.75 Å². The van der Waals surface area contributed by atoms with Gasteiger partial charge in [-0.25, -0.2) is 11.3 Å². The molecule has 2 radical (unpaired) electrons. The Bertz CT molecular complexity index is 1270. The maximum absolute atomic E-state index is 12.4. The van der Waals surface area contributed by atoms with Gasteiger partial charge >= 0.3 is 0 Å². The summed E-state index contributed by atoms with van der Waals surface area (Å²) < 4.78 is 5.21. The van der Waals surface area contributed by atoms with Crippen molar-refractivity contribution >= 4 is 23.2 Å². The summed E-state index contributed by atoms with van der Waals surface area (Å²) in [7, 11) is 1.63. The van der Waals surface area contributed by atoms with Crippen LogP contribution in [0.4, 0.5) is 0 Å². The number of aromatic amines is 1. The van der Waals surface area contributed by atoms with Crippen molar-refractivity contribution in [3.63, 3.8) is 0 Å². The van der Waals surface area contributed by atoms with Gasteiger partial charge in [0.1, 0.15) is 11.4 Å². The molecule has 1 aliphatic heterocycles. The fraction of sp³-hybridized carbons (Fsp3) is 0.688. The second-order valence-electron chi connectivity index (χ2n) is 13.2. The van der Waals surface area contributed by atoms with Gasteiger partial charge in [-0.2, -0.15) is 0 Å². The third-order valence-electron chi connectivity index (χ3n) is 9.08. The van der Waals surface area contributed by atoms with E-state index in [1.54, 1.807) is 7.11 Å². The molecule has 2 saturated carbocycles. The summed E-state index contributed by atoms with van der Waals surface area (Å²) in [6, 6.07) is 4.38. The van der Waals surface area contributed by atoms with Gasteiger partial charge < -0.3 is 35.6 Å². The zero-order chi connectivity index (χ0) is 31.0. The average molecular weight is 721 g/mol. The van der Waals surface area contributed by atoms with Crippen LogP contribution in [0, 0.1) is 28.1 Å². The minimum absolute atomic E-state index is 0. The van der Waals surface area contributed by atoms with E-state index in [0.29, 0.717) is 18.4 Å². The molecule has 2 heterocycles. The van der Waals surface area contributed by atoms with Crippen LogP contribution in [0.2, 0.25) is 0 Å². The van der Waals surface area contributed by atoms with Gasteiger partial charge in [0.25, 0.3) is 5.56 Å². The minimum atomic E-state index is -0.811. The first-order valence-corrected chi connectivity index (χ1v) is 15.2. The van der Waals surface area contributed by atoms with E-state index in [2.05, 4.69) is 9.97 Å². The van der Waals surface area contributed by atoms with Crippen LogP contribution in [-0.4, -0.2) is 52.8 Å². The zero-order valence-corrected chi connectivity index (χ0v) is 30.9. The van der Waals surface area contributed by atoms with Crippen molar-refractivity contribution in [1.82, 2.24) is 14.9 Å². The predicted octanol–water partition coefficient (Wildman–Crippen LogP) is 6.51. The topological polar surface area (TPSA) is 156 Å². The number of ether oxygens (including phenoxy) is 1. The van der Waals surface area contributed by atoms with Gasteiger partial charge in [0.2, 0.25) is 5.91 Å². The number of amides is 1. The van der Waals surface area contributed by atoms with E-state index in [4.69, 9.17) is 21.0 Å². The van der Waals surface area contributed by atoms with Crippen LogP contribution in [-0.2, 0) is 60.9 Å². The van der Waals surface area contributed by atoms with Gasteiger partial charge in [-0.15, -0.1) is 0 Å². The van der Waals surface area contributed by atoms with Crippen LogP contribution in [0.3, 0.4) is 0 Å². The van der Waals surface area contributed by atoms with Gasteiger partial charge in [-0.3, -0.25) is 9.59 Å². The fourth-order valence-corrected chi connectivity index (χ4v) is 6.24. The van der Waals surface area contributed by atoms with Crippen molar-refractivity contribution in [3.05, 3.63) is 50.5 Å². The van der Waals surface area contributed by atoms with Gasteiger partial charge in [0, 0.05) is 69.8 Å². The number of methoxy groups -OCH3 is 1. The first kappa shape index (κ1) is 40.6. The number of hydrogen-bond acceptors (Lipinski definition) is 6. The Morgan fingerprint density at radius 3 is 2.45 bits per heavy atom. The summed E-state index contributed by atoms with van der Waals surface area (Å²) >= 11 is 0. The number of hydrogen-bond donors (Lipinski definition) is 1. The number of benzene rings is 1. The van der Waals surface area contributed by atoms with Gasteiger partial charge in [-0.05, 0) is 54.6 Å². The summed E-state index contributed by atoms with van der Waals surface area (Å²) in [5, 5.41) is 0. The number of rotatable bonds is 8. The number of fused-ring (bicyclic) bond motifs is 1. The summed E-state index contributed by atoms with van der Waals surface area (Å²) in [5.74, 6) is 2.65.